The Kier molecular flexibility index (Phi) is 5.25. The van der Waals surface area contributed by atoms with Crippen molar-refractivity contribution in [1.29, 1.82) is 0 Å². The minimum Gasteiger partial charge on any atom is -0.497 e. The third kappa shape index (κ3) is 4.01. The number of anilines is 1. The summed E-state index contributed by atoms with van der Waals surface area (Å²) in [6.45, 7) is 0.630. The van der Waals surface area contributed by atoms with Gasteiger partial charge in [0.1, 0.15) is 12.4 Å². The SMILES string of the molecule is COc1ccc(N(C)Cc2ccccc2C#CCO)cc1. The van der Waals surface area contributed by atoms with Crippen LogP contribution in [-0.2, 0) is 6.54 Å². The number of ether oxygens (including phenoxy) is 1. The molecule has 0 aliphatic rings. The van der Waals surface area contributed by atoms with Crippen molar-refractivity contribution in [2.24, 2.45) is 0 Å². The van der Waals surface area contributed by atoms with E-state index < -0.39 is 0 Å². The molecule has 2 aromatic rings. The number of hydrogen-bond donors (Lipinski definition) is 1. The molecule has 0 fully saturated rings. The minimum atomic E-state index is -0.122. The van der Waals surface area contributed by atoms with Crippen LogP contribution in [0.3, 0.4) is 0 Å². The molecule has 1 N–H and O–H groups in total. The number of aliphatic hydroxyl groups is 1. The highest BCUT2D eigenvalue weighted by atomic mass is 16.5. The normalized spacial score (nSPS) is 9.67. The quantitative estimate of drug-likeness (QED) is 0.875. The fourth-order valence-electron chi connectivity index (χ4n) is 2.10. The number of benzene rings is 2. The predicted octanol–water partition coefficient (Wildman–Crippen LogP) is 2.68. The van der Waals surface area contributed by atoms with E-state index in [9.17, 15) is 0 Å². The van der Waals surface area contributed by atoms with Gasteiger partial charge in [0.15, 0.2) is 0 Å². The molecule has 2 aromatic carbocycles. The van der Waals surface area contributed by atoms with Crippen LogP contribution in [0.4, 0.5) is 5.69 Å². The lowest BCUT2D eigenvalue weighted by molar-refractivity contribution is 0.350. The zero-order valence-corrected chi connectivity index (χ0v) is 12.3. The van der Waals surface area contributed by atoms with Gasteiger partial charge in [0.25, 0.3) is 0 Å². The van der Waals surface area contributed by atoms with E-state index >= 15 is 0 Å². The Hall–Kier alpha value is -2.44. The number of nitrogens with zero attached hydrogens (tertiary/aromatic N) is 1. The molecule has 0 bridgehead atoms. The Morgan fingerprint density at radius 1 is 1.10 bits per heavy atom. The van der Waals surface area contributed by atoms with Crippen LogP contribution in [0.5, 0.6) is 5.75 Å². The van der Waals surface area contributed by atoms with Gasteiger partial charge in [-0.05, 0) is 35.9 Å². The van der Waals surface area contributed by atoms with Crippen LogP contribution in [-0.4, -0.2) is 25.9 Å². The third-order valence-electron chi connectivity index (χ3n) is 3.24. The summed E-state index contributed by atoms with van der Waals surface area (Å²) in [7, 11) is 3.70. The molecule has 0 aliphatic heterocycles. The fourth-order valence-corrected chi connectivity index (χ4v) is 2.10. The molecule has 0 heterocycles. The molecule has 3 nitrogen and oxygen atoms in total. The van der Waals surface area contributed by atoms with E-state index in [1.54, 1.807) is 7.11 Å². The van der Waals surface area contributed by atoms with Crippen LogP contribution in [0.15, 0.2) is 48.5 Å². The highest BCUT2D eigenvalue weighted by Gasteiger charge is 2.05. The average molecular weight is 281 g/mol. The van der Waals surface area contributed by atoms with Crippen molar-refractivity contribution in [2.45, 2.75) is 6.54 Å². The molecule has 21 heavy (non-hydrogen) atoms. The van der Waals surface area contributed by atoms with Gasteiger partial charge in [0, 0.05) is 24.8 Å². The second-order valence-corrected chi connectivity index (χ2v) is 4.67. The molecule has 0 spiro atoms. The fraction of sp³-hybridized carbons (Fsp3) is 0.222. The van der Waals surface area contributed by atoms with Crippen molar-refractivity contribution in [3.63, 3.8) is 0 Å². The second kappa shape index (κ2) is 7.37. The summed E-state index contributed by atoms with van der Waals surface area (Å²) in [6, 6.07) is 15.9. The highest BCUT2D eigenvalue weighted by molar-refractivity contribution is 5.50. The monoisotopic (exact) mass is 281 g/mol. The van der Waals surface area contributed by atoms with E-state index in [0.29, 0.717) is 0 Å². The summed E-state index contributed by atoms with van der Waals surface area (Å²) in [5.41, 5.74) is 3.20. The van der Waals surface area contributed by atoms with Gasteiger partial charge in [-0.25, -0.2) is 0 Å². The zero-order valence-electron chi connectivity index (χ0n) is 12.3. The summed E-state index contributed by atoms with van der Waals surface area (Å²) in [5, 5.41) is 8.83. The molecular formula is C18H19NO2. The van der Waals surface area contributed by atoms with Gasteiger partial charge >= 0.3 is 0 Å². The lowest BCUT2D eigenvalue weighted by Crippen LogP contribution is -2.17. The predicted molar refractivity (Wildman–Crippen MR) is 85.5 cm³/mol. The number of methoxy groups -OCH3 is 1. The second-order valence-electron chi connectivity index (χ2n) is 4.67. The van der Waals surface area contributed by atoms with Crippen LogP contribution in [0.1, 0.15) is 11.1 Å². The summed E-state index contributed by atoms with van der Waals surface area (Å²) in [4.78, 5) is 2.15. The molecular weight excluding hydrogens is 262 g/mol. The summed E-state index contributed by atoms with van der Waals surface area (Å²) < 4.78 is 5.17. The van der Waals surface area contributed by atoms with Gasteiger partial charge in [0.2, 0.25) is 0 Å². The van der Waals surface area contributed by atoms with Crippen LogP contribution in [0, 0.1) is 11.8 Å². The Balaban J connectivity index is 2.16. The summed E-state index contributed by atoms with van der Waals surface area (Å²) >= 11 is 0. The largest absolute Gasteiger partial charge is 0.497 e. The molecule has 3 heteroatoms. The van der Waals surface area contributed by atoms with Gasteiger partial charge in [0.05, 0.1) is 7.11 Å². The number of hydrogen-bond acceptors (Lipinski definition) is 3. The Morgan fingerprint density at radius 3 is 2.48 bits per heavy atom. The number of aliphatic hydroxyl groups excluding tert-OH is 1. The molecule has 0 saturated heterocycles. The highest BCUT2D eigenvalue weighted by Crippen LogP contribution is 2.20. The molecule has 2 rings (SSSR count). The van der Waals surface area contributed by atoms with Crippen LogP contribution >= 0.6 is 0 Å². The standard InChI is InChI=1S/C18H19NO2/c1-19(17-9-11-18(21-2)12-10-17)14-16-7-4-3-6-15(16)8-5-13-20/h3-4,6-7,9-12,20H,13-14H2,1-2H3. The zero-order chi connectivity index (χ0) is 15.1. The van der Waals surface area contributed by atoms with E-state index in [1.807, 2.05) is 49.5 Å². The smallest absolute Gasteiger partial charge is 0.119 e. The maximum Gasteiger partial charge on any atom is 0.119 e. The molecule has 0 saturated carbocycles. The molecule has 0 amide bonds. The van der Waals surface area contributed by atoms with E-state index in [1.165, 1.54) is 0 Å². The average Bonchev–Trinajstić information content (AvgIpc) is 2.54. The van der Waals surface area contributed by atoms with E-state index in [4.69, 9.17) is 9.84 Å². The molecule has 0 unspecified atom stereocenters. The maximum absolute atomic E-state index is 8.83. The molecule has 0 aliphatic carbocycles. The van der Waals surface area contributed by atoms with Crippen molar-refractivity contribution in [3.05, 3.63) is 59.7 Å². The lowest BCUT2D eigenvalue weighted by Gasteiger charge is -2.20. The topological polar surface area (TPSA) is 32.7 Å². The summed E-state index contributed by atoms with van der Waals surface area (Å²) in [5.74, 6) is 6.54. The minimum absolute atomic E-state index is 0.122. The van der Waals surface area contributed by atoms with Gasteiger partial charge in [-0.1, -0.05) is 30.0 Å². The molecule has 0 radical (unpaired) electrons. The lowest BCUT2D eigenvalue weighted by atomic mass is 10.1. The third-order valence-corrected chi connectivity index (χ3v) is 3.24. The van der Waals surface area contributed by atoms with Crippen LogP contribution in [0.2, 0.25) is 0 Å². The Labute approximate surface area is 125 Å². The van der Waals surface area contributed by atoms with E-state index in [-0.39, 0.29) is 6.61 Å². The first-order valence-electron chi connectivity index (χ1n) is 6.77. The van der Waals surface area contributed by atoms with Gasteiger partial charge in [-0.2, -0.15) is 0 Å². The number of rotatable bonds is 4. The van der Waals surface area contributed by atoms with Crippen LogP contribution in [0.25, 0.3) is 0 Å². The molecule has 108 valence electrons. The van der Waals surface area contributed by atoms with Crippen molar-refractivity contribution in [3.8, 4) is 17.6 Å². The first kappa shape index (κ1) is 15.0. The van der Waals surface area contributed by atoms with Crippen molar-refractivity contribution >= 4 is 5.69 Å². The van der Waals surface area contributed by atoms with E-state index in [0.717, 1.165) is 29.1 Å². The van der Waals surface area contributed by atoms with Gasteiger partial charge in [-0.3, -0.25) is 0 Å². The van der Waals surface area contributed by atoms with Crippen molar-refractivity contribution < 1.29 is 9.84 Å². The van der Waals surface area contributed by atoms with E-state index in [2.05, 4.69) is 22.8 Å². The van der Waals surface area contributed by atoms with Gasteiger partial charge in [-0.15, -0.1) is 0 Å². The first-order valence-corrected chi connectivity index (χ1v) is 6.77. The summed E-state index contributed by atoms with van der Waals surface area (Å²) in [6.07, 6.45) is 0. The Morgan fingerprint density at radius 2 is 1.81 bits per heavy atom. The first-order chi connectivity index (χ1) is 10.2. The van der Waals surface area contributed by atoms with Crippen molar-refractivity contribution in [1.82, 2.24) is 0 Å². The van der Waals surface area contributed by atoms with Crippen LogP contribution < -0.4 is 9.64 Å². The molecule has 0 aromatic heterocycles. The van der Waals surface area contributed by atoms with Crippen molar-refractivity contribution in [2.75, 3.05) is 25.7 Å². The van der Waals surface area contributed by atoms with Gasteiger partial charge < -0.3 is 14.7 Å². The maximum atomic E-state index is 8.83. The Bertz CT molecular complexity index is 638. The molecule has 0 atom stereocenters.